The maximum absolute atomic E-state index is 11.5. The van der Waals surface area contributed by atoms with E-state index in [4.69, 9.17) is 4.74 Å². The molecule has 1 aromatic carbocycles. The highest BCUT2D eigenvalue weighted by atomic mass is 16.5. The molecule has 0 bridgehead atoms. The average molecular weight is 316 g/mol. The van der Waals surface area contributed by atoms with Crippen molar-refractivity contribution in [3.8, 4) is 17.1 Å². The molecular weight excluding hydrogens is 300 g/mol. The van der Waals surface area contributed by atoms with E-state index in [9.17, 15) is 19.8 Å². The minimum atomic E-state index is -1.14. The minimum absolute atomic E-state index is 0.0752. The van der Waals surface area contributed by atoms with Crippen LogP contribution in [0.2, 0.25) is 0 Å². The van der Waals surface area contributed by atoms with E-state index in [0.717, 1.165) is 5.56 Å². The molecule has 7 nitrogen and oxygen atoms in total. The summed E-state index contributed by atoms with van der Waals surface area (Å²) in [6.07, 6.45) is 0.628. The van der Waals surface area contributed by atoms with Crippen LogP contribution >= 0.6 is 0 Å². The van der Waals surface area contributed by atoms with E-state index in [-0.39, 0.29) is 12.1 Å². The number of ether oxygens (including phenoxy) is 1. The van der Waals surface area contributed by atoms with Crippen molar-refractivity contribution >= 4 is 11.9 Å². The van der Waals surface area contributed by atoms with Crippen LogP contribution in [-0.2, 0) is 17.8 Å². The van der Waals surface area contributed by atoms with Crippen LogP contribution in [0.3, 0.4) is 0 Å². The Bertz CT molecular complexity index is 781. The molecule has 0 radical (unpaired) electrons. The molecule has 2 aromatic rings. The first-order valence-corrected chi connectivity index (χ1v) is 7.21. The zero-order chi connectivity index (χ0) is 16.6. The molecule has 0 spiro atoms. The third-order valence-electron chi connectivity index (χ3n) is 4.09. The van der Waals surface area contributed by atoms with Crippen molar-refractivity contribution in [3.63, 3.8) is 0 Å². The number of aliphatic carboxylic acids is 1. The number of carbonyl (C=O) groups is 2. The second-order valence-electron chi connectivity index (χ2n) is 5.45. The number of fused-ring (bicyclic) bond motifs is 1. The summed E-state index contributed by atoms with van der Waals surface area (Å²) >= 11 is 0. The van der Waals surface area contributed by atoms with Crippen molar-refractivity contribution in [2.75, 3.05) is 7.11 Å². The van der Waals surface area contributed by atoms with Crippen molar-refractivity contribution in [2.24, 2.45) is 5.92 Å². The monoisotopic (exact) mass is 316 g/mol. The number of rotatable bonds is 4. The molecule has 1 aromatic heterocycles. The van der Waals surface area contributed by atoms with Crippen molar-refractivity contribution in [1.82, 2.24) is 9.55 Å². The molecule has 0 saturated heterocycles. The smallest absolute Gasteiger partial charge is 0.356 e. The summed E-state index contributed by atoms with van der Waals surface area (Å²) in [7, 11) is 1.56. The van der Waals surface area contributed by atoms with Crippen LogP contribution in [0, 0.1) is 5.92 Å². The maximum Gasteiger partial charge on any atom is 0.356 e. The summed E-state index contributed by atoms with van der Waals surface area (Å²) in [5.74, 6) is -1.45. The normalized spacial score (nSPS) is 16.7. The number of benzene rings is 1. The fraction of sp³-hybridized carbons (Fsp3) is 0.312. The molecule has 0 aliphatic carbocycles. The van der Waals surface area contributed by atoms with Gasteiger partial charge in [0, 0.05) is 18.5 Å². The Morgan fingerprint density at radius 1 is 1.35 bits per heavy atom. The van der Waals surface area contributed by atoms with Crippen LogP contribution in [0.15, 0.2) is 24.3 Å². The zero-order valence-electron chi connectivity index (χ0n) is 12.5. The van der Waals surface area contributed by atoms with Gasteiger partial charge in [-0.1, -0.05) is 12.1 Å². The lowest BCUT2D eigenvalue weighted by molar-refractivity contribution is -0.142. The van der Waals surface area contributed by atoms with Crippen LogP contribution in [0.1, 0.15) is 22.6 Å². The molecule has 1 unspecified atom stereocenters. The van der Waals surface area contributed by atoms with Crippen LogP contribution in [-0.4, -0.2) is 38.8 Å². The Morgan fingerprint density at radius 2 is 2.13 bits per heavy atom. The number of carboxylic acid groups (broad SMARTS) is 2. The predicted octanol–water partition coefficient (Wildman–Crippen LogP) is 1.90. The SMILES string of the molecule is COc1cccc(-c2nc(C(=O)O)c3n2CCC(C(=O)O)C3)c1. The Hall–Kier alpha value is -2.83. The summed E-state index contributed by atoms with van der Waals surface area (Å²) < 4.78 is 7.00. The Morgan fingerprint density at radius 3 is 2.78 bits per heavy atom. The largest absolute Gasteiger partial charge is 0.497 e. The molecule has 7 heteroatoms. The number of aromatic nitrogens is 2. The van der Waals surface area contributed by atoms with Crippen molar-refractivity contribution in [1.29, 1.82) is 0 Å². The lowest BCUT2D eigenvalue weighted by Gasteiger charge is -2.22. The molecule has 3 rings (SSSR count). The third kappa shape index (κ3) is 2.65. The van der Waals surface area contributed by atoms with Gasteiger partial charge in [0.25, 0.3) is 0 Å². The molecule has 0 saturated carbocycles. The summed E-state index contributed by atoms with van der Waals surface area (Å²) in [6, 6.07) is 7.21. The summed E-state index contributed by atoms with van der Waals surface area (Å²) in [6.45, 7) is 0.430. The van der Waals surface area contributed by atoms with Gasteiger partial charge in [-0.3, -0.25) is 4.79 Å². The average Bonchev–Trinajstić information content (AvgIpc) is 2.93. The highest BCUT2D eigenvalue weighted by Crippen LogP contribution is 2.31. The molecule has 1 atom stereocenters. The Kier molecular flexibility index (Phi) is 3.77. The number of nitrogens with zero attached hydrogens (tertiary/aromatic N) is 2. The first-order valence-electron chi connectivity index (χ1n) is 7.21. The van der Waals surface area contributed by atoms with E-state index in [1.54, 1.807) is 29.9 Å². The van der Waals surface area contributed by atoms with Gasteiger partial charge in [-0.15, -0.1) is 0 Å². The van der Waals surface area contributed by atoms with Crippen LogP contribution in [0.4, 0.5) is 0 Å². The fourth-order valence-electron chi connectivity index (χ4n) is 2.92. The second kappa shape index (κ2) is 5.75. The molecule has 120 valence electrons. The van der Waals surface area contributed by atoms with E-state index >= 15 is 0 Å². The van der Waals surface area contributed by atoms with Crippen molar-refractivity contribution in [3.05, 3.63) is 35.7 Å². The number of hydrogen-bond donors (Lipinski definition) is 2. The van der Waals surface area contributed by atoms with Gasteiger partial charge in [-0.05, 0) is 18.6 Å². The number of imidazole rings is 1. The Balaban J connectivity index is 2.11. The molecule has 1 aliphatic rings. The predicted molar refractivity (Wildman–Crippen MR) is 80.6 cm³/mol. The molecular formula is C16H16N2O5. The number of methoxy groups -OCH3 is 1. The van der Waals surface area contributed by atoms with Gasteiger partial charge >= 0.3 is 11.9 Å². The van der Waals surface area contributed by atoms with Crippen LogP contribution in [0.5, 0.6) is 5.75 Å². The van der Waals surface area contributed by atoms with Gasteiger partial charge in [-0.25, -0.2) is 9.78 Å². The molecule has 23 heavy (non-hydrogen) atoms. The highest BCUT2D eigenvalue weighted by Gasteiger charge is 2.31. The second-order valence-corrected chi connectivity index (χ2v) is 5.45. The number of carboxylic acids is 2. The highest BCUT2D eigenvalue weighted by molar-refractivity contribution is 5.88. The van der Waals surface area contributed by atoms with E-state index in [2.05, 4.69) is 4.98 Å². The minimum Gasteiger partial charge on any atom is -0.497 e. The van der Waals surface area contributed by atoms with Crippen molar-refractivity contribution < 1.29 is 24.5 Å². The van der Waals surface area contributed by atoms with Crippen LogP contribution in [0.25, 0.3) is 11.4 Å². The zero-order valence-corrected chi connectivity index (χ0v) is 12.5. The first-order chi connectivity index (χ1) is 11.0. The molecule has 2 N–H and O–H groups in total. The maximum atomic E-state index is 11.5. The fourth-order valence-corrected chi connectivity index (χ4v) is 2.92. The number of hydrogen-bond acceptors (Lipinski definition) is 4. The lowest BCUT2D eigenvalue weighted by Crippen LogP contribution is -2.26. The lowest BCUT2D eigenvalue weighted by atomic mass is 9.95. The molecule has 2 heterocycles. The molecule has 0 fully saturated rings. The topological polar surface area (TPSA) is 102 Å². The van der Waals surface area contributed by atoms with Gasteiger partial charge in [0.05, 0.1) is 18.7 Å². The standard InChI is InChI=1S/C16H16N2O5/c1-23-11-4-2-3-9(7-11)14-17-13(16(21)22)12-8-10(15(19)20)5-6-18(12)14/h2-4,7,10H,5-6,8H2,1H3,(H,19,20)(H,21,22). The van der Waals surface area contributed by atoms with Gasteiger partial charge in [0.15, 0.2) is 5.69 Å². The van der Waals surface area contributed by atoms with Gasteiger partial charge in [0.1, 0.15) is 11.6 Å². The third-order valence-corrected chi connectivity index (χ3v) is 4.09. The first kappa shape index (κ1) is 15.1. The van der Waals surface area contributed by atoms with E-state index < -0.39 is 17.9 Å². The van der Waals surface area contributed by atoms with E-state index in [1.807, 2.05) is 6.07 Å². The van der Waals surface area contributed by atoms with Gasteiger partial charge in [-0.2, -0.15) is 0 Å². The van der Waals surface area contributed by atoms with E-state index in [1.165, 1.54) is 0 Å². The summed E-state index contributed by atoms with van der Waals surface area (Å²) in [4.78, 5) is 26.9. The Labute approximate surface area is 132 Å². The van der Waals surface area contributed by atoms with Gasteiger partial charge < -0.3 is 19.5 Å². The van der Waals surface area contributed by atoms with Gasteiger partial charge in [0.2, 0.25) is 0 Å². The quantitative estimate of drug-likeness (QED) is 0.893. The number of aromatic carboxylic acids is 1. The van der Waals surface area contributed by atoms with Crippen molar-refractivity contribution in [2.45, 2.75) is 19.4 Å². The molecule has 1 aliphatic heterocycles. The van der Waals surface area contributed by atoms with E-state index in [0.29, 0.717) is 30.2 Å². The summed E-state index contributed by atoms with van der Waals surface area (Å²) in [5.41, 5.74) is 1.13. The van der Waals surface area contributed by atoms with Crippen LogP contribution < -0.4 is 4.74 Å². The summed E-state index contributed by atoms with van der Waals surface area (Å²) in [5, 5.41) is 18.6. The molecule has 0 amide bonds.